The van der Waals surface area contributed by atoms with Crippen LogP contribution in [0.4, 0.5) is 18.9 Å². The number of hydrazone groups is 1. The van der Waals surface area contributed by atoms with E-state index in [9.17, 15) is 28.1 Å². The van der Waals surface area contributed by atoms with Crippen molar-refractivity contribution in [2.24, 2.45) is 5.10 Å². The summed E-state index contributed by atoms with van der Waals surface area (Å²) in [6.07, 6.45) is -2.37. The van der Waals surface area contributed by atoms with Gasteiger partial charge in [-0.1, -0.05) is 17.3 Å². The summed E-state index contributed by atoms with van der Waals surface area (Å²) >= 11 is 0. The quantitative estimate of drug-likeness (QED) is 0.216. The molecule has 2 heterocycles. The number of carbonyl (C=O) groups is 1. The lowest BCUT2D eigenvalue weighted by atomic mass is 10.1. The second-order valence-corrected chi connectivity index (χ2v) is 7.69. The number of carbonyl (C=O) groups excluding carboxylic acids is 1. The maximum absolute atomic E-state index is 13.4. The van der Waals surface area contributed by atoms with Crippen molar-refractivity contribution in [1.29, 1.82) is 0 Å². The Balaban J connectivity index is 1.63. The molecule has 0 saturated heterocycles. The minimum Gasteiger partial charge on any atom is -0.493 e. The predicted molar refractivity (Wildman–Crippen MR) is 128 cm³/mol. The number of aromatic nitrogens is 4. The van der Waals surface area contributed by atoms with E-state index in [4.69, 9.17) is 9.47 Å². The Morgan fingerprint density at radius 2 is 1.89 bits per heavy atom. The Kier molecular flexibility index (Phi) is 6.92. The fourth-order valence-electron chi connectivity index (χ4n) is 3.70. The summed E-state index contributed by atoms with van der Waals surface area (Å²) in [6.45, 7) is 1.50. The lowest BCUT2D eigenvalue weighted by Crippen LogP contribution is -2.19. The van der Waals surface area contributed by atoms with E-state index in [1.165, 1.54) is 56.3 Å². The normalized spacial score (nSPS) is 11.6. The topological polar surface area (TPSA) is 147 Å². The Morgan fingerprint density at radius 3 is 2.55 bits per heavy atom. The molecule has 38 heavy (non-hydrogen) atoms. The van der Waals surface area contributed by atoms with Crippen LogP contribution in [0.25, 0.3) is 16.6 Å². The minimum atomic E-state index is -4.62. The molecule has 4 aromatic rings. The van der Waals surface area contributed by atoms with Crippen LogP contribution in [0.1, 0.15) is 27.3 Å². The number of nitrogens with one attached hydrogen (secondary N) is 1. The van der Waals surface area contributed by atoms with Gasteiger partial charge in [-0.3, -0.25) is 19.9 Å². The van der Waals surface area contributed by atoms with Crippen LogP contribution in [0.15, 0.2) is 47.7 Å². The van der Waals surface area contributed by atoms with Gasteiger partial charge in [-0.2, -0.15) is 18.3 Å². The number of hydrogen-bond acceptors (Lipinski definition) is 9. The summed E-state index contributed by atoms with van der Waals surface area (Å²) in [7, 11) is 2.68. The number of hydrogen-bond donors (Lipinski definition) is 1. The average Bonchev–Trinajstić information content (AvgIpc) is 3.27. The number of pyridine rings is 1. The minimum absolute atomic E-state index is 0.0250. The van der Waals surface area contributed by atoms with Gasteiger partial charge in [0, 0.05) is 11.6 Å². The number of alkyl halides is 3. The molecule has 0 atom stereocenters. The van der Waals surface area contributed by atoms with Crippen LogP contribution in [-0.4, -0.2) is 51.2 Å². The zero-order valence-corrected chi connectivity index (χ0v) is 20.0. The third-order valence-corrected chi connectivity index (χ3v) is 5.49. The van der Waals surface area contributed by atoms with Gasteiger partial charge in [-0.25, -0.2) is 10.1 Å². The van der Waals surface area contributed by atoms with Gasteiger partial charge in [0.1, 0.15) is 0 Å². The summed E-state index contributed by atoms with van der Waals surface area (Å²) in [5.74, 6) is -0.455. The van der Waals surface area contributed by atoms with E-state index >= 15 is 0 Å². The van der Waals surface area contributed by atoms with Crippen LogP contribution in [0.5, 0.6) is 11.5 Å². The summed E-state index contributed by atoms with van der Waals surface area (Å²) in [5, 5.41) is 23.1. The van der Waals surface area contributed by atoms with Crippen molar-refractivity contribution in [3.8, 4) is 17.2 Å². The van der Waals surface area contributed by atoms with Crippen LogP contribution in [0, 0.1) is 17.0 Å². The fourth-order valence-corrected chi connectivity index (χ4v) is 3.70. The summed E-state index contributed by atoms with van der Waals surface area (Å²) in [5.41, 5.74) is 0.978. The molecular weight excluding hydrogens is 511 g/mol. The predicted octanol–water partition coefficient (Wildman–Crippen LogP) is 3.83. The number of halogens is 3. The Bertz CT molecular complexity index is 1580. The van der Waals surface area contributed by atoms with Crippen molar-refractivity contribution in [3.05, 3.63) is 75.2 Å². The van der Waals surface area contributed by atoms with E-state index in [1.807, 2.05) is 0 Å². The number of amides is 1. The molecule has 0 aliphatic rings. The van der Waals surface area contributed by atoms with Gasteiger partial charge < -0.3 is 9.47 Å². The summed E-state index contributed by atoms with van der Waals surface area (Å²) in [6, 6.07) is 7.54. The second kappa shape index (κ2) is 10.1. The van der Waals surface area contributed by atoms with E-state index in [1.54, 1.807) is 0 Å². The van der Waals surface area contributed by atoms with Crippen LogP contribution in [0.2, 0.25) is 0 Å². The van der Waals surface area contributed by atoms with Crippen molar-refractivity contribution >= 4 is 28.7 Å². The second-order valence-electron chi connectivity index (χ2n) is 7.69. The van der Waals surface area contributed by atoms with Gasteiger partial charge in [0.05, 0.1) is 59.4 Å². The molecule has 0 bridgehead atoms. The molecule has 1 amide bonds. The average molecular weight is 529 g/mol. The maximum Gasteiger partial charge on any atom is 0.418 e. The molecule has 0 unspecified atom stereocenters. The monoisotopic (exact) mass is 529 g/mol. The third-order valence-electron chi connectivity index (χ3n) is 5.49. The number of para-hydroxylation sites is 1. The zero-order valence-electron chi connectivity index (χ0n) is 20.0. The first-order valence-electron chi connectivity index (χ1n) is 10.7. The number of ether oxygens (including phenoxy) is 2. The Hall–Kier alpha value is -5.08. The first-order valence-corrected chi connectivity index (χ1v) is 10.7. The number of nitro benzene ring substituents is 1. The lowest BCUT2D eigenvalue weighted by Gasteiger charge is -2.12. The first-order chi connectivity index (χ1) is 18.1. The van der Waals surface area contributed by atoms with E-state index in [-0.39, 0.29) is 50.7 Å². The molecule has 15 heteroatoms. The van der Waals surface area contributed by atoms with Gasteiger partial charge in [-0.15, -0.1) is 5.10 Å². The van der Waals surface area contributed by atoms with Crippen molar-refractivity contribution < 1.29 is 32.4 Å². The number of methoxy groups -OCH3 is 2. The van der Waals surface area contributed by atoms with Crippen LogP contribution in [0.3, 0.4) is 0 Å². The van der Waals surface area contributed by atoms with Crippen molar-refractivity contribution in [1.82, 2.24) is 25.4 Å². The van der Waals surface area contributed by atoms with Gasteiger partial charge in [0.2, 0.25) is 0 Å². The molecule has 196 valence electrons. The standard InChI is InChI=1S/C23H18F3N7O5/c1-12-20(22(34)30-28-11-13-9-18(37-2)19(38-3)10-17(13)33(35)36)29-31-32(12)16-7-8-27-21-14(16)5-4-6-15(21)23(24,25)26/h4-11H,1-3H3,(H,30,34)/b28-11+. The molecule has 2 aromatic heterocycles. The van der Waals surface area contributed by atoms with Crippen molar-refractivity contribution in [2.75, 3.05) is 14.2 Å². The summed E-state index contributed by atoms with van der Waals surface area (Å²) < 4.78 is 51.7. The van der Waals surface area contributed by atoms with E-state index < -0.39 is 22.6 Å². The zero-order chi connectivity index (χ0) is 27.6. The molecule has 2 aromatic carbocycles. The molecule has 0 saturated carbocycles. The fraction of sp³-hybridized carbons (Fsp3) is 0.174. The van der Waals surface area contributed by atoms with Gasteiger partial charge >= 0.3 is 6.18 Å². The summed E-state index contributed by atoms with van der Waals surface area (Å²) in [4.78, 5) is 27.4. The SMILES string of the molecule is COc1cc(/C=N/NC(=O)c2nnn(-c3ccnc4c(C(F)(F)F)cccc34)c2C)c([N+](=O)[O-])cc1OC. The van der Waals surface area contributed by atoms with E-state index in [2.05, 4.69) is 25.8 Å². The van der Waals surface area contributed by atoms with Crippen LogP contribution in [-0.2, 0) is 6.18 Å². The van der Waals surface area contributed by atoms with Crippen molar-refractivity contribution in [2.45, 2.75) is 13.1 Å². The number of nitrogens with zero attached hydrogens (tertiary/aromatic N) is 6. The highest BCUT2D eigenvalue weighted by Crippen LogP contribution is 2.36. The van der Waals surface area contributed by atoms with Crippen LogP contribution >= 0.6 is 0 Å². The smallest absolute Gasteiger partial charge is 0.418 e. The maximum atomic E-state index is 13.4. The molecule has 1 N–H and O–H groups in total. The molecule has 0 spiro atoms. The van der Waals surface area contributed by atoms with Crippen molar-refractivity contribution in [3.63, 3.8) is 0 Å². The molecule has 0 fully saturated rings. The van der Waals surface area contributed by atoms with Gasteiger partial charge in [0.15, 0.2) is 17.2 Å². The number of fused-ring (bicyclic) bond motifs is 1. The lowest BCUT2D eigenvalue weighted by molar-refractivity contribution is -0.385. The Labute approximate surface area is 211 Å². The molecule has 0 aliphatic heterocycles. The largest absolute Gasteiger partial charge is 0.493 e. The van der Waals surface area contributed by atoms with Crippen LogP contribution < -0.4 is 14.9 Å². The highest BCUT2D eigenvalue weighted by Gasteiger charge is 2.33. The molecule has 4 rings (SSSR count). The van der Waals surface area contributed by atoms with Gasteiger partial charge in [0.25, 0.3) is 11.6 Å². The molecule has 12 nitrogen and oxygen atoms in total. The number of benzene rings is 2. The highest BCUT2D eigenvalue weighted by molar-refractivity contribution is 5.95. The van der Waals surface area contributed by atoms with E-state index in [0.717, 1.165) is 18.3 Å². The first kappa shape index (κ1) is 26.0. The van der Waals surface area contributed by atoms with Gasteiger partial charge in [-0.05, 0) is 25.1 Å². The highest BCUT2D eigenvalue weighted by atomic mass is 19.4. The molecule has 0 radical (unpaired) electrons. The molecule has 0 aliphatic carbocycles. The third kappa shape index (κ3) is 4.80. The number of rotatable bonds is 7. The Morgan fingerprint density at radius 1 is 1.18 bits per heavy atom. The molecular formula is C23H18F3N7O5. The number of nitro groups is 1. The van der Waals surface area contributed by atoms with E-state index in [0.29, 0.717) is 0 Å².